The van der Waals surface area contributed by atoms with Gasteiger partial charge in [-0.15, -0.1) is 0 Å². The molecule has 0 bridgehead atoms. The van der Waals surface area contributed by atoms with Gasteiger partial charge in [-0.25, -0.2) is 0 Å². The van der Waals surface area contributed by atoms with Crippen LogP contribution < -0.4 is 4.74 Å². The molecule has 2 aliphatic rings. The normalized spacial score (nSPS) is 19.9. The number of hydrogen-bond donors (Lipinski definition) is 0. The van der Waals surface area contributed by atoms with Crippen LogP contribution in [0.5, 0.6) is 11.5 Å². The van der Waals surface area contributed by atoms with Crippen LogP contribution in [0, 0.1) is 11.8 Å². The molecule has 2 heterocycles. The molecule has 2 saturated heterocycles. The molecular weight excluding hydrogens is 456 g/mol. The van der Waals surface area contributed by atoms with Crippen molar-refractivity contribution in [1.82, 2.24) is 9.80 Å². The molecule has 4 rings (SSSR count). The Morgan fingerprint density at radius 3 is 2.48 bits per heavy atom. The zero-order valence-corrected chi connectivity index (χ0v) is 19.5. The molecule has 1 unspecified atom stereocenters. The number of carbonyl (C=O) groups excluding carboxylic acids is 2. The fourth-order valence-electron chi connectivity index (χ4n) is 4.54. The van der Waals surface area contributed by atoms with Crippen molar-refractivity contribution in [2.45, 2.75) is 32.6 Å². The van der Waals surface area contributed by atoms with Gasteiger partial charge in [0.15, 0.2) is 0 Å². The molecule has 0 spiro atoms. The number of piperidine rings is 2. The van der Waals surface area contributed by atoms with E-state index in [0.29, 0.717) is 36.1 Å². The lowest BCUT2D eigenvalue weighted by atomic mass is 9.92. The van der Waals surface area contributed by atoms with Crippen LogP contribution in [-0.2, 0) is 4.79 Å². The summed E-state index contributed by atoms with van der Waals surface area (Å²) >= 11 is 3.45. The summed E-state index contributed by atoms with van der Waals surface area (Å²) in [5.41, 5.74) is 0.553. The Morgan fingerprint density at radius 2 is 1.74 bits per heavy atom. The molecule has 2 aliphatic heterocycles. The van der Waals surface area contributed by atoms with E-state index in [2.05, 4.69) is 22.9 Å². The molecule has 6 heteroatoms. The van der Waals surface area contributed by atoms with E-state index >= 15 is 0 Å². The van der Waals surface area contributed by atoms with Crippen LogP contribution in [0.1, 0.15) is 43.0 Å². The highest BCUT2D eigenvalue weighted by atomic mass is 79.9. The molecule has 2 fully saturated rings. The molecule has 2 amide bonds. The molecule has 0 saturated carbocycles. The van der Waals surface area contributed by atoms with Crippen molar-refractivity contribution in [1.29, 1.82) is 0 Å². The van der Waals surface area contributed by atoms with Gasteiger partial charge in [0.2, 0.25) is 5.91 Å². The number of benzene rings is 2. The van der Waals surface area contributed by atoms with Gasteiger partial charge < -0.3 is 14.5 Å². The zero-order chi connectivity index (χ0) is 21.8. The summed E-state index contributed by atoms with van der Waals surface area (Å²) in [4.78, 5) is 30.1. The van der Waals surface area contributed by atoms with Gasteiger partial charge >= 0.3 is 0 Å². The van der Waals surface area contributed by atoms with E-state index in [9.17, 15) is 9.59 Å². The van der Waals surface area contributed by atoms with Crippen LogP contribution in [0.4, 0.5) is 0 Å². The zero-order valence-electron chi connectivity index (χ0n) is 17.9. The maximum Gasteiger partial charge on any atom is 0.257 e. The molecular formula is C25H29BrN2O3. The molecule has 2 aromatic carbocycles. The first kappa shape index (κ1) is 21.9. The number of halogens is 1. The fraction of sp³-hybridized carbons (Fsp3) is 0.440. The van der Waals surface area contributed by atoms with Gasteiger partial charge in [0.25, 0.3) is 5.91 Å². The van der Waals surface area contributed by atoms with Crippen LogP contribution >= 0.6 is 15.9 Å². The molecule has 31 heavy (non-hydrogen) atoms. The summed E-state index contributed by atoms with van der Waals surface area (Å²) in [7, 11) is 0. The standard InChI is InChI=1S/C25H29BrN2O3/c1-18-6-5-13-28(17-18)24(29)19-11-14-27(15-12-19)25(30)22-9-2-3-10-23(22)31-21-8-4-7-20(26)16-21/h2-4,7-10,16,18-19H,5-6,11-15,17H2,1H3. The Bertz CT molecular complexity index is 940. The maximum absolute atomic E-state index is 13.2. The quantitative estimate of drug-likeness (QED) is 0.587. The highest BCUT2D eigenvalue weighted by molar-refractivity contribution is 9.10. The Morgan fingerprint density at radius 1 is 0.968 bits per heavy atom. The fourth-order valence-corrected chi connectivity index (χ4v) is 4.92. The minimum Gasteiger partial charge on any atom is -0.456 e. The summed E-state index contributed by atoms with van der Waals surface area (Å²) < 4.78 is 6.93. The summed E-state index contributed by atoms with van der Waals surface area (Å²) in [6.07, 6.45) is 3.76. The van der Waals surface area contributed by atoms with Gasteiger partial charge in [-0.3, -0.25) is 9.59 Å². The molecule has 0 aliphatic carbocycles. The predicted octanol–water partition coefficient (Wildman–Crippen LogP) is 5.35. The van der Waals surface area contributed by atoms with E-state index in [-0.39, 0.29) is 17.7 Å². The van der Waals surface area contributed by atoms with E-state index in [1.807, 2.05) is 58.3 Å². The summed E-state index contributed by atoms with van der Waals surface area (Å²) in [6, 6.07) is 14.9. The van der Waals surface area contributed by atoms with E-state index in [4.69, 9.17) is 4.74 Å². The van der Waals surface area contributed by atoms with Crippen LogP contribution in [0.25, 0.3) is 0 Å². The SMILES string of the molecule is CC1CCCN(C(=O)C2CCN(C(=O)c3ccccc3Oc3cccc(Br)c3)CC2)C1. The third-order valence-corrected chi connectivity index (χ3v) is 6.73. The third-order valence-electron chi connectivity index (χ3n) is 6.24. The smallest absolute Gasteiger partial charge is 0.257 e. The van der Waals surface area contributed by atoms with Crippen molar-refractivity contribution in [3.8, 4) is 11.5 Å². The first-order valence-electron chi connectivity index (χ1n) is 11.1. The Kier molecular flexibility index (Phi) is 6.96. The van der Waals surface area contributed by atoms with Crippen LogP contribution in [0.15, 0.2) is 53.0 Å². The van der Waals surface area contributed by atoms with Crippen molar-refractivity contribution in [2.24, 2.45) is 11.8 Å². The van der Waals surface area contributed by atoms with Crippen molar-refractivity contribution in [3.63, 3.8) is 0 Å². The summed E-state index contributed by atoms with van der Waals surface area (Å²) in [5, 5.41) is 0. The lowest BCUT2D eigenvalue weighted by Crippen LogP contribution is -2.47. The topological polar surface area (TPSA) is 49.9 Å². The number of hydrogen-bond acceptors (Lipinski definition) is 3. The Balaban J connectivity index is 1.39. The second kappa shape index (κ2) is 9.86. The van der Waals surface area contributed by atoms with Gasteiger partial charge in [-0.1, -0.05) is 41.1 Å². The third kappa shape index (κ3) is 5.29. The summed E-state index contributed by atoms with van der Waals surface area (Å²) in [6.45, 7) is 5.17. The molecule has 0 radical (unpaired) electrons. The van der Waals surface area contributed by atoms with Crippen LogP contribution in [0.2, 0.25) is 0 Å². The average molecular weight is 485 g/mol. The molecule has 2 aromatic rings. The number of amides is 2. The molecule has 0 N–H and O–H groups in total. The monoisotopic (exact) mass is 484 g/mol. The highest BCUT2D eigenvalue weighted by Gasteiger charge is 2.32. The van der Waals surface area contributed by atoms with Gasteiger partial charge in [0, 0.05) is 36.6 Å². The van der Waals surface area contributed by atoms with Crippen LogP contribution in [-0.4, -0.2) is 47.8 Å². The minimum atomic E-state index is -0.0388. The Hall–Kier alpha value is -2.34. The molecule has 0 aromatic heterocycles. The number of likely N-dealkylation sites (tertiary alicyclic amines) is 2. The van der Waals surface area contributed by atoms with E-state index in [0.717, 1.165) is 36.8 Å². The number of rotatable bonds is 4. The maximum atomic E-state index is 13.2. The van der Waals surface area contributed by atoms with Crippen molar-refractivity contribution < 1.29 is 14.3 Å². The van der Waals surface area contributed by atoms with Crippen LogP contribution in [0.3, 0.4) is 0 Å². The van der Waals surface area contributed by atoms with Gasteiger partial charge in [-0.05, 0) is 61.9 Å². The Labute approximate surface area is 192 Å². The van der Waals surface area contributed by atoms with E-state index in [1.165, 1.54) is 6.42 Å². The first-order valence-corrected chi connectivity index (χ1v) is 11.9. The second-order valence-corrected chi connectivity index (χ2v) is 9.57. The molecule has 1 atom stereocenters. The minimum absolute atomic E-state index is 0.0301. The molecule has 164 valence electrons. The number of carbonyl (C=O) groups is 2. The van der Waals surface area contributed by atoms with E-state index < -0.39 is 0 Å². The highest BCUT2D eigenvalue weighted by Crippen LogP contribution is 2.30. The van der Waals surface area contributed by atoms with E-state index in [1.54, 1.807) is 0 Å². The first-order chi connectivity index (χ1) is 15.0. The second-order valence-electron chi connectivity index (χ2n) is 8.65. The van der Waals surface area contributed by atoms with Gasteiger partial charge in [0.05, 0.1) is 5.56 Å². The largest absolute Gasteiger partial charge is 0.456 e. The average Bonchev–Trinajstić information content (AvgIpc) is 2.79. The predicted molar refractivity (Wildman–Crippen MR) is 124 cm³/mol. The van der Waals surface area contributed by atoms with Gasteiger partial charge in [0.1, 0.15) is 11.5 Å². The van der Waals surface area contributed by atoms with Crippen molar-refractivity contribution in [2.75, 3.05) is 26.2 Å². The van der Waals surface area contributed by atoms with Crippen molar-refractivity contribution >= 4 is 27.7 Å². The number of ether oxygens (including phenoxy) is 1. The van der Waals surface area contributed by atoms with Gasteiger partial charge in [-0.2, -0.15) is 0 Å². The molecule has 5 nitrogen and oxygen atoms in total. The summed E-state index contributed by atoms with van der Waals surface area (Å²) in [5.74, 6) is 2.07. The van der Waals surface area contributed by atoms with Crippen molar-refractivity contribution in [3.05, 3.63) is 58.6 Å². The number of nitrogens with zero attached hydrogens (tertiary/aromatic N) is 2. The lowest BCUT2D eigenvalue weighted by molar-refractivity contribution is -0.138. The lowest BCUT2D eigenvalue weighted by Gasteiger charge is -2.37. The number of para-hydroxylation sites is 1.